The van der Waals surface area contributed by atoms with Crippen LogP contribution in [0.15, 0.2) is 41.1 Å². The molecule has 0 aliphatic carbocycles. The maximum absolute atomic E-state index is 13.0. The van der Waals surface area contributed by atoms with Crippen molar-refractivity contribution in [2.75, 3.05) is 31.5 Å². The van der Waals surface area contributed by atoms with Crippen molar-refractivity contribution in [2.45, 2.75) is 12.7 Å². The number of carbonyl (C=O) groups is 1. The summed E-state index contributed by atoms with van der Waals surface area (Å²) < 4.78 is 39.0. The van der Waals surface area contributed by atoms with Crippen molar-refractivity contribution < 1.29 is 18.0 Å². The number of benzene rings is 1. The highest BCUT2D eigenvalue weighted by Gasteiger charge is 2.34. The van der Waals surface area contributed by atoms with E-state index in [4.69, 9.17) is 0 Å². The number of amides is 2. The van der Waals surface area contributed by atoms with Crippen molar-refractivity contribution in [2.24, 2.45) is 0 Å². The maximum atomic E-state index is 13.0. The summed E-state index contributed by atoms with van der Waals surface area (Å²) in [7, 11) is 0. The van der Waals surface area contributed by atoms with Gasteiger partial charge < -0.3 is 10.2 Å². The molecule has 0 radical (unpaired) electrons. The van der Waals surface area contributed by atoms with Gasteiger partial charge in [0.1, 0.15) is 0 Å². The van der Waals surface area contributed by atoms with E-state index >= 15 is 0 Å². The predicted molar refractivity (Wildman–Crippen MR) is 91.6 cm³/mol. The standard InChI is InChI=1S/C17H18F3N3OS/c18-17(19,20)14-3-1-2-4-15(14)21-16(24)23-8-6-22(7-9-23)11-13-5-10-25-12-13/h1-5,10,12H,6-9,11H2,(H,21,24). The fourth-order valence-corrected chi connectivity index (χ4v) is 3.44. The number of alkyl halides is 3. The van der Waals surface area contributed by atoms with E-state index in [9.17, 15) is 18.0 Å². The molecule has 0 bridgehead atoms. The Balaban J connectivity index is 1.57. The van der Waals surface area contributed by atoms with Gasteiger partial charge in [-0.25, -0.2) is 4.79 Å². The summed E-state index contributed by atoms with van der Waals surface area (Å²) in [6, 6.07) is 6.59. The number of para-hydroxylation sites is 1. The van der Waals surface area contributed by atoms with Crippen LogP contribution in [-0.4, -0.2) is 42.0 Å². The first-order valence-electron chi connectivity index (χ1n) is 7.89. The lowest BCUT2D eigenvalue weighted by Crippen LogP contribution is -2.49. The van der Waals surface area contributed by atoms with Crippen LogP contribution in [0, 0.1) is 0 Å². The quantitative estimate of drug-likeness (QED) is 0.884. The molecule has 134 valence electrons. The van der Waals surface area contributed by atoms with E-state index in [1.54, 1.807) is 16.2 Å². The van der Waals surface area contributed by atoms with Gasteiger partial charge in [-0.05, 0) is 34.5 Å². The number of anilines is 1. The number of thiophene rings is 1. The molecule has 1 fully saturated rings. The number of hydrogen-bond acceptors (Lipinski definition) is 3. The summed E-state index contributed by atoms with van der Waals surface area (Å²) in [4.78, 5) is 16.1. The van der Waals surface area contributed by atoms with Crippen molar-refractivity contribution in [1.29, 1.82) is 0 Å². The largest absolute Gasteiger partial charge is 0.418 e. The predicted octanol–water partition coefficient (Wildman–Crippen LogP) is 4.12. The maximum Gasteiger partial charge on any atom is 0.418 e. The minimum absolute atomic E-state index is 0.208. The van der Waals surface area contributed by atoms with Crippen LogP contribution in [0.4, 0.5) is 23.7 Å². The summed E-state index contributed by atoms with van der Waals surface area (Å²) >= 11 is 1.65. The van der Waals surface area contributed by atoms with Gasteiger partial charge in [-0.1, -0.05) is 12.1 Å². The highest BCUT2D eigenvalue weighted by molar-refractivity contribution is 7.07. The van der Waals surface area contributed by atoms with Crippen molar-refractivity contribution in [3.63, 3.8) is 0 Å². The molecule has 4 nitrogen and oxygen atoms in total. The Kier molecular flexibility index (Phi) is 5.29. The molecule has 2 amide bonds. The minimum atomic E-state index is -4.50. The smallest absolute Gasteiger partial charge is 0.322 e. The van der Waals surface area contributed by atoms with Crippen LogP contribution in [0.5, 0.6) is 0 Å². The monoisotopic (exact) mass is 369 g/mol. The molecule has 0 atom stereocenters. The Bertz CT molecular complexity index is 710. The number of piperazine rings is 1. The number of nitrogens with zero attached hydrogens (tertiary/aromatic N) is 2. The van der Waals surface area contributed by atoms with Crippen LogP contribution in [0.3, 0.4) is 0 Å². The third-order valence-electron chi connectivity index (χ3n) is 4.12. The van der Waals surface area contributed by atoms with Crippen LogP contribution in [0.2, 0.25) is 0 Å². The number of rotatable bonds is 3. The van der Waals surface area contributed by atoms with Crippen LogP contribution >= 0.6 is 11.3 Å². The third kappa shape index (κ3) is 4.52. The van der Waals surface area contributed by atoms with Gasteiger partial charge in [-0.15, -0.1) is 0 Å². The Labute approximate surface area is 147 Å². The van der Waals surface area contributed by atoms with Gasteiger partial charge in [0.05, 0.1) is 11.3 Å². The first-order chi connectivity index (χ1) is 11.9. The number of halogens is 3. The Hall–Kier alpha value is -2.06. The van der Waals surface area contributed by atoms with Crippen LogP contribution in [-0.2, 0) is 12.7 Å². The first-order valence-corrected chi connectivity index (χ1v) is 8.83. The number of carbonyl (C=O) groups excluding carboxylic acids is 1. The summed E-state index contributed by atoms with van der Waals surface area (Å²) in [5.74, 6) is 0. The normalized spacial score (nSPS) is 16.0. The van der Waals surface area contributed by atoms with Crippen molar-refractivity contribution in [3.05, 3.63) is 52.2 Å². The lowest BCUT2D eigenvalue weighted by molar-refractivity contribution is -0.136. The first kappa shape index (κ1) is 17.8. The molecule has 3 rings (SSSR count). The molecule has 1 N–H and O–H groups in total. The summed E-state index contributed by atoms with van der Waals surface area (Å²) in [6.07, 6.45) is -4.50. The van der Waals surface area contributed by atoms with E-state index < -0.39 is 17.8 Å². The molecule has 1 aliphatic heterocycles. The van der Waals surface area contributed by atoms with Gasteiger partial charge in [-0.2, -0.15) is 24.5 Å². The average Bonchev–Trinajstić information content (AvgIpc) is 3.08. The van der Waals surface area contributed by atoms with Crippen molar-refractivity contribution in [1.82, 2.24) is 9.80 Å². The molecule has 0 saturated carbocycles. The van der Waals surface area contributed by atoms with E-state index in [-0.39, 0.29) is 5.69 Å². The minimum Gasteiger partial charge on any atom is -0.322 e. The lowest BCUT2D eigenvalue weighted by Gasteiger charge is -2.34. The molecule has 1 saturated heterocycles. The highest BCUT2D eigenvalue weighted by Crippen LogP contribution is 2.34. The summed E-state index contributed by atoms with van der Waals surface area (Å²) in [6.45, 7) is 3.21. The van der Waals surface area contributed by atoms with Gasteiger partial charge in [0.25, 0.3) is 0 Å². The highest BCUT2D eigenvalue weighted by atomic mass is 32.1. The Morgan fingerprint density at radius 2 is 1.84 bits per heavy atom. The van der Waals surface area contributed by atoms with Gasteiger partial charge in [0.15, 0.2) is 0 Å². The van der Waals surface area contributed by atoms with Crippen LogP contribution in [0.1, 0.15) is 11.1 Å². The summed E-state index contributed by atoms with van der Waals surface area (Å²) in [5.41, 5.74) is 0.196. The number of nitrogens with one attached hydrogen (secondary N) is 1. The second-order valence-electron chi connectivity index (χ2n) is 5.87. The van der Waals surface area contributed by atoms with Gasteiger partial charge in [-0.3, -0.25) is 4.90 Å². The van der Waals surface area contributed by atoms with E-state index in [0.717, 1.165) is 12.6 Å². The van der Waals surface area contributed by atoms with E-state index in [1.807, 2.05) is 5.38 Å². The Morgan fingerprint density at radius 3 is 2.48 bits per heavy atom. The summed E-state index contributed by atoms with van der Waals surface area (Å²) in [5, 5.41) is 6.51. The van der Waals surface area contributed by atoms with E-state index in [1.165, 1.54) is 23.8 Å². The molecular weight excluding hydrogens is 351 g/mol. The molecule has 8 heteroatoms. The van der Waals surface area contributed by atoms with Gasteiger partial charge in [0.2, 0.25) is 0 Å². The zero-order chi connectivity index (χ0) is 17.9. The van der Waals surface area contributed by atoms with Crippen LogP contribution < -0.4 is 5.32 Å². The van der Waals surface area contributed by atoms with Crippen LogP contribution in [0.25, 0.3) is 0 Å². The molecule has 1 aliphatic rings. The number of hydrogen-bond donors (Lipinski definition) is 1. The molecule has 1 aromatic carbocycles. The molecule has 25 heavy (non-hydrogen) atoms. The molecule has 0 unspecified atom stereocenters. The number of urea groups is 1. The van der Waals surface area contributed by atoms with Gasteiger partial charge >= 0.3 is 12.2 Å². The second-order valence-corrected chi connectivity index (χ2v) is 6.65. The van der Waals surface area contributed by atoms with E-state index in [2.05, 4.69) is 21.7 Å². The second kappa shape index (κ2) is 7.45. The van der Waals surface area contributed by atoms with Crippen molar-refractivity contribution >= 4 is 23.1 Å². The molecule has 0 spiro atoms. The molecular formula is C17H18F3N3OS. The fraction of sp³-hybridized carbons (Fsp3) is 0.353. The Morgan fingerprint density at radius 1 is 1.12 bits per heavy atom. The molecule has 1 aromatic heterocycles. The third-order valence-corrected chi connectivity index (χ3v) is 4.85. The molecule has 2 aromatic rings. The van der Waals surface area contributed by atoms with E-state index in [0.29, 0.717) is 26.2 Å². The molecule has 2 heterocycles. The lowest BCUT2D eigenvalue weighted by atomic mass is 10.1. The van der Waals surface area contributed by atoms with Gasteiger partial charge in [0, 0.05) is 32.7 Å². The topological polar surface area (TPSA) is 35.6 Å². The van der Waals surface area contributed by atoms with Crippen molar-refractivity contribution in [3.8, 4) is 0 Å². The average molecular weight is 369 g/mol. The SMILES string of the molecule is O=C(Nc1ccccc1C(F)(F)F)N1CCN(Cc2ccsc2)CC1. The fourth-order valence-electron chi connectivity index (χ4n) is 2.78. The zero-order valence-electron chi connectivity index (χ0n) is 13.4. The zero-order valence-corrected chi connectivity index (χ0v) is 14.2.